The molecule has 2 aromatic carbocycles. The van der Waals surface area contributed by atoms with Crippen molar-refractivity contribution in [3.8, 4) is 0 Å². The average molecular weight is 557 g/mol. The van der Waals surface area contributed by atoms with Gasteiger partial charge in [-0.15, -0.1) is 0 Å². The highest BCUT2D eigenvalue weighted by Gasteiger charge is 2.32. The largest absolute Gasteiger partial charge is 0.352 e. The predicted octanol–water partition coefficient (Wildman–Crippen LogP) is 5.04. The summed E-state index contributed by atoms with van der Waals surface area (Å²) in [4.78, 5) is 28.3. The van der Waals surface area contributed by atoms with E-state index in [0.29, 0.717) is 27.7 Å². The maximum atomic E-state index is 13.7. The molecule has 2 atom stereocenters. The van der Waals surface area contributed by atoms with Gasteiger partial charge in [-0.25, -0.2) is 8.42 Å². The van der Waals surface area contributed by atoms with Crippen molar-refractivity contribution >= 4 is 50.7 Å². The van der Waals surface area contributed by atoms with E-state index < -0.39 is 28.5 Å². The molecule has 0 aromatic heterocycles. The number of halogens is 2. The molecule has 10 heteroatoms. The van der Waals surface area contributed by atoms with Crippen LogP contribution in [0.4, 0.5) is 5.69 Å². The highest BCUT2D eigenvalue weighted by Crippen LogP contribution is 2.28. The molecule has 0 bridgehead atoms. The van der Waals surface area contributed by atoms with Gasteiger partial charge in [0.2, 0.25) is 21.8 Å². The van der Waals surface area contributed by atoms with Crippen molar-refractivity contribution < 1.29 is 18.0 Å². The highest BCUT2D eigenvalue weighted by molar-refractivity contribution is 7.92. The molecule has 0 unspecified atom stereocenters. The van der Waals surface area contributed by atoms with Crippen LogP contribution in [0.1, 0.15) is 51.7 Å². The molecule has 0 saturated carbocycles. The Morgan fingerprint density at radius 2 is 1.56 bits per heavy atom. The fourth-order valence-corrected chi connectivity index (χ4v) is 5.09. The van der Waals surface area contributed by atoms with Gasteiger partial charge in [0, 0.05) is 28.2 Å². The van der Waals surface area contributed by atoms with Crippen LogP contribution >= 0.6 is 23.2 Å². The van der Waals surface area contributed by atoms with Gasteiger partial charge in [-0.05, 0) is 56.0 Å². The minimum Gasteiger partial charge on any atom is -0.352 e. The molecule has 0 fully saturated rings. The number of carbonyl (C=O) groups excluding carboxylic acids is 2. The number of rotatable bonds is 12. The van der Waals surface area contributed by atoms with E-state index in [0.717, 1.165) is 29.0 Å². The summed E-state index contributed by atoms with van der Waals surface area (Å²) < 4.78 is 26.5. The van der Waals surface area contributed by atoms with Gasteiger partial charge >= 0.3 is 0 Å². The van der Waals surface area contributed by atoms with Gasteiger partial charge in [0.1, 0.15) is 12.6 Å². The Kier molecular flexibility index (Phi) is 11.1. The number of anilines is 1. The fourth-order valence-electron chi connectivity index (χ4n) is 3.73. The zero-order valence-corrected chi connectivity index (χ0v) is 23.8. The third-order valence-corrected chi connectivity index (χ3v) is 7.94. The van der Waals surface area contributed by atoms with Crippen LogP contribution < -0.4 is 9.62 Å². The molecular formula is C26H35Cl2N3O4S. The third kappa shape index (κ3) is 7.85. The van der Waals surface area contributed by atoms with Crippen molar-refractivity contribution in [3.63, 3.8) is 0 Å². The van der Waals surface area contributed by atoms with Crippen molar-refractivity contribution in [1.29, 1.82) is 0 Å². The van der Waals surface area contributed by atoms with E-state index in [4.69, 9.17) is 23.2 Å². The van der Waals surface area contributed by atoms with E-state index in [-0.39, 0.29) is 18.5 Å². The van der Waals surface area contributed by atoms with Crippen LogP contribution in [0.5, 0.6) is 0 Å². The number of nitrogens with zero attached hydrogens (tertiary/aromatic N) is 2. The Bertz CT molecular complexity index is 1140. The normalized spacial score (nSPS) is 13.1. The van der Waals surface area contributed by atoms with Crippen LogP contribution in [0.25, 0.3) is 0 Å². The van der Waals surface area contributed by atoms with Gasteiger partial charge in [0.05, 0.1) is 11.9 Å². The van der Waals surface area contributed by atoms with Gasteiger partial charge in [0.15, 0.2) is 0 Å². The highest BCUT2D eigenvalue weighted by atomic mass is 35.5. The van der Waals surface area contributed by atoms with Crippen LogP contribution in [0.3, 0.4) is 0 Å². The predicted molar refractivity (Wildman–Crippen MR) is 147 cm³/mol. The summed E-state index contributed by atoms with van der Waals surface area (Å²) in [6.07, 6.45) is 2.90. The van der Waals surface area contributed by atoms with Crippen molar-refractivity contribution in [3.05, 3.63) is 63.6 Å². The lowest BCUT2D eigenvalue weighted by molar-refractivity contribution is -0.140. The number of aryl methyl sites for hydroxylation is 1. The Labute approximate surface area is 224 Å². The first-order valence-electron chi connectivity index (χ1n) is 12.0. The molecule has 0 heterocycles. The molecule has 7 nitrogen and oxygen atoms in total. The fraction of sp³-hybridized carbons (Fsp3) is 0.462. The summed E-state index contributed by atoms with van der Waals surface area (Å²) >= 11 is 12.8. The molecule has 36 heavy (non-hydrogen) atoms. The van der Waals surface area contributed by atoms with Gasteiger partial charge in [-0.2, -0.15) is 0 Å². The Hall–Kier alpha value is -2.29. The zero-order valence-electron chi connectivity index (χ0n) is 21.4. The first-order chi connectivity index (χ1) is 16.9. The van der Waals surface area contributed by atoms with Gasteiger partial charge in [0.25, 0.3) is 0 Å². The summed E-state index contributed by atoms with van der Waals surface area (Å²) in [5.41, 5.74) is 1.90. The summed E-state index contributed by atoms with van der Waals surface area (Å²) in [6, 6.07) is 11.1. The number of amides is 2. The number of sulfonamides is 1. The summed E-state index contributed by atoms with van der Waals surface area (Å²) in [7, 11) is -3.80. The van der Waals surface area contributed by atoms with E-state index >= 15 is 0 Å². The van der Waals surface area contributed by atoms with E-state index in [9.17, 15) is 18.0 Å². The monoisotopic (exact) mass is 555 g/mol. The van der Waals surface area contributed by atoms with Crippen molar-refractivity contribution in [1.82, 2.24) is 10.2 Å². The van der Waals surface area contributed by atoms with E-state index in [1.54, 1.807) is 37.3 Å². The second-order valence-corrected chi connectivity index (χ2v) is 11.5. The van der Waals surface area contributed by atoms with E-state index in [1.165, 1.54) is 4.90 Å². The number of hydrogen-bond acceptors (Lipinski definition) is 4. The molecule has 1 N–H and O–H groups in total. The maximum Gasteiger partial charge on any atom is 0.244 e. The SMILES string of the molecule is CCc1ccc(N(CC(=O)N(Cc2c(Cl)cccc2Cl)[C@@H](CC)C(=O)N[C@H](C)CC)S(C)(=O)=O)cc1. The van der Waals surface area contributed by atoms with E-state index in [2.05, 4.69) is 5.32 Å². The molecular weight excluding hydrogens is 521 g/mol. The molecule has 0 radical (unpaired) electrons. The maximum absolute atomic E-state index is 13.7. The molecule has 2 rings (SSSR count). The second kappa shape index (κ2) is 13.3. The van der Waals surface area contributed by atoms with Gasteiger partial charge in [-0.3, -0.25) is 13.9 Å². The molecule has 0 aliphatic heterocycles. The lowest BCUT2D eigenvalue weighted by Gasteiger charge is -2.33. The number of nitrogens with one attached hydrogen (secondary N) is 1. The zero-order chi connectivity index (χ0) is 27.0. The summed E-state index contributed by atoms with van der Waals surface area (Å²) in [6.45, 7) is 7.11. The first kappa shape index (κ1) is 29.9. The molecule has 198 valence electrons. The topological polar surface area (TPSA) is 86.8 Å². The lowest BCUT2D eigenvalue weighted by Crippen LogP contribution is -2.53. The number of benzene rings is 2. The molecule has 0 aliphatic carbocycles. The van der Waals surface area contributed by atoms with Crippen LogP contribution in [-0.4, -0.2) is 50.0 Å². The quantitative estimate of drug-likeness (QED) is 0.397. The van der Waals surface area contributed by atoms with Crippen LogP contribution in [0, 0.1) is 0 Å². The second-order valence-electron chi connectivity index (χ2n) is 8.75. The Morgan fingerprint density at radius 1 is 0.972 bits per heavy atom. The molecule has 2 aromatic rings. The smallest absolute Gasteiger partial charge is 0.244 e. The summed E-state index contributed by atoms with van der Waals surface area (Å²) in [5, 5.41) is 3.64. The van der Waals surface area contributed by atoms with Crippen LogP contribution in [-0.2, 0) is 32.6 Å². The lowest BCUT2D eigenvalue weighted by atomic mass is 10.1. The number of hydrogen-bond donors (Lipinski definition) is 1. The van der Waals surface area contributed by atoms with Crippen molar-refractivity contribution in [2.75, 3.05) is 17.1 Å². The number of carbonyl (C=O) groups is 2. The minimum atomic E-state index is -3.80. The average Bonchev–Trinajstić information content (AvgIpc) is 2.83. The molecule has 0 aliphatic rings. The van der Waals surface area contributed by atoms with Crippen molar-refractivity contribution in [2.24, 2.45) is 0 Å². The van der Waals surface area contributed by atoms with Crippen molar-refractivity contribution in [2.45, 2.75) is 65.6 Å². The Morgan fingerprint density at radius 3 is 2.03 bits per heavy atom. The van der Waals surface area contributed by atoms with Gasteiger partial charge < -0.3 is 10.2 Å². The first-order valence-corrected chi connectivity index (χ1v) is 14.6. The van der Waals surface area contributed by atoms with Crippen LogP contribution in [0.2, 0.25) is 10.0 Å². The standard InChI is InChI=1S/C26H35Cl2N3O4S/c1-6-18(4)29-26(33)24(8-3)30(16-21-22(27)10-9-11-23(21)28)25(32)17-31(36(5,34)35)20-14-12-19(7-2)13-15-20/h9-15,18,24H,6-8,16-17H2,1-5H3,(H,29,33)/t18-,24+/m1/s1. The van der Waals surface area contributed by atoms with Gasteiger partial charge in [-0.1, -0.05) is 62.2 Å². The molecule has 2 amide bonds. The summed E-state index contributed by atoms with van der Waals surface area (Å²) in [5.74, 6) is -0.858. The minimum absolute atomic E-state index is 0.0455. The third-order valence-electron chi connectivity index (χ3n) is 6.09. The molecule has 0 saturated heterocycles. The van der Waals surface area contributed by atoms with Crippen LogP contribution in [0.15, 0.2) is 42.5 Å². The van der Waals surface area contributed by atoms with E-state index in [1.807, 2.05) is 32.9 Å². The molecule has 0 spiro atoms. The Balaban J connectivity index is 2.49.